The maximum atomic E-state index is 11.9. The molecule has 1 aromatic carbocycles. The fourth-order valence-electron chi connectivity index (χ4n) is 2.54. The first-order valence-electron chi connectivity index (χ1n) is 7.94. The van der Waals surface area contributed by atoms with E-state index < -0.39 is 6.10 Å². The SMILES string of the molecule is C[C@H](NC(=O)NC[C@@H](O)C1CC1)c1cccc(-n2ccnc2)c1. The number of benzene rings is 1. The summed E-state index contributed by atoms with van der Waals surface area (Å²) in [5.41, 5.74) is 2.01. The lowest BCUT2D eigenvalue weighted by Crippen LogP contribution is -2.41. The first-order valence-corrected chi connectivity index (χ1v) is 7.94. The molecule has 3 N–H and O–H groups in total. The van der Waals surface area contributed by atoms with Gasteiger partial charge in [0.1, 0.15) is 0 Å². The Morgan fingerprint density at radius 1 is 1.48 bits per heavy atom. The average molecular weight is 314 g/mol. The van der Waals surface area contributed by atoms with E-state index in [2.05, 4.69) is 15.6 Å². The number of hydrogen-bond donors (Lipinski definition) is 3. The minimum absolute atomic E-state index is 0.128. The van der Waals surface area contributed by atoms with Crippen molar-refractivity contribution in [2.45, 2.75) is 31.9 Å². The zero-order valence-corrected chi connectivity index (χ0v) is 13.1. The molecule has 3 rings (SSSR count). The molecule has 1 aromatic heterocycles. The molecule has 1 heterocycles. The molecule has 122 valence electrons. The summed E-state index contributed by atoms with van der Waals surface area (Å²) in [6.45, 7) is 2.24. The van der Waals surface area contributed by atoms with Gasteiger partial charge in [0.05, 0.1) is 18.5 Å². The van der Waals surface area contributed by atoms with Crippen molar-refractivity contribution in [2.24, 2.45) is 5.92 Å². The lowest BCUT2D eigenvalue weighted by atomic mass is 10.1. The van der Waals surface area contributed by atoms with Crippen LogP contribution >= 0.6 is 0 Å². The maximum Gasteiger partial charge on any atom is 0.315 e. The second-order valence-electron chi connectivity index (χ2n) is 6.05. The Balaban J connectivity index is 1.56. The highest BCUT2D eigenvalue weighted by molar-refractivity contribution is 5.74. The molecule has 0 bridgehead atoms. The molecule has 0 saturated heterocycles. The Bertz CT molecular complexity index is 652. The molecule has 1 saturated carbocycles. The largest absolute Gasteiger partial charge is 0.391 e. The molecule has 6 heteroatoms. The van der Waals surface area contributed by atoms with Crippen LogP contribution in [0.3, 0.4) is 0 Å². The van der Waals surface area contributed by atoms with Gasteiger partial charge in [-0.3, -0.25) is 0 Å². The summed E-state index contributed by atoms with van der Waals surface area (Å²) >= 11 is 0. The Kier molecular flexibility index (Phi) is 4.62. The highest BCUT2D eigenvalue weighted by atomic mass is 16.3. The Hall–Kier alpha value is -2.34. The molecule has 1 aliphatic rings. The molecule has 6 nitrogen and oxygen atoms in total. The standard InChI is InChI=1S/C17H22N4O2/c1-12(20-17(23)19-10-16(22)13-5-6-13)14-3-2-4-15(9-14)21-8-7-18-11-21/h2-4,7-9,11-13,16,22H,5-6,10H2,1H3,(H2,19,20,23)/t12-,16+/m0/s1. The van der Waals surface area contributed by atoms with Gasteiger partial charge in [0.15, 0.2) is 0 Å². The van der Waals surface area contributed by atoms with Crippen LogP contribution in [-0.2, 0) is 0 Å². The van der Waals surface area contributed by atoms with Crippen LogP contribution in [0.2, 0.25) is 0 Å². The van der Waals surface area contributed by atoms with Gasteiger partial charge in [-0.15, -0.1) is 0 Å². The van der Waals surface area contributed by atoms with Crippen LogP contribution < -0.4 is 10.6 Å². The molecule has 1 aliphatic carbocycles. The topological polar surface area (TPSA) is 79.2 Å². The molecule has 2 aromatic rings. The third kappa shape index (κ3) is 4.10. The van der Waals surface area contributed by atoms with E-state index in [1.54, 1.807) is 12.5 Å². The minimum atomic E-state index is -0.430. The van der Waals surface area contributed by atoms with Gasteiger partial charge in [0, 0.05) is 24.6 Å². The number of aliphatic hydroxyl groups is 1. The summed E-state index contributed by atoms with van der Waals surface area (Å²) < 4.78 is 1.92. The van der Waals surface area contributed by atoms with Gasteiger partial charge in [-0.25, -0.2) is 9.78 Å². The second kappa shape index (κ2) is 6.83. The smallest absolute Gasteiger partial charge is 0.315 e. The van der Waals surface area contributed by atoms with E-state index >= 15 is 0 Å². The Morgan fingerprint density at radius 3 is 3.00 bits per heavy atom. The average Bonchev–Trinajstić information content (AvgIpc) is 3.27. The summed E-state index contributed by atoms with van der Waals surface area (Å²) in [4.78, 5) is 16.0. The van der Waals surface area contributed by atoms with E-state index in [4.69, 9.17) is 0 Å². The number of carbonyl (C=O) groups excluding carboxylic acids is 1. The lowest BCUT2D eigenvalue weighted by molar-refractivity contribution is 0.149. The number of aliphatic hydroxyl groups excluding tert-OH is 1. The van der Waals surface area contributed by atoms with Crippen LogP contribution in [0.15, 0.2) is 43.0 Å². The zero-order chi connectivity index (χ0) is 16.2. The van der Waals surface area contributed by atoms with Crippen molar-refractivity contribution in [1.82, 2.24) is 20.2 Å². The van der Waals surface area contributed by atoms with E-state index in [-0.39, 0.29) is 12.1 Å². The number of rotatable bonds is 6. The van der Waals surface area contributed by atoms with Crippen LogP contribution in [0.25, 0.3) is 5.69 Å². The highest BCUT2D eigenvalue weighted by Gasteiger charge is 2.29. The van der Waals surface area contributed by atoms with Crippen LogP contribution in [-0.4, -0.2) is 33.3 Å². The molecule has 1 fully saturated rings. The predicted octanol–water partition coefficient (Wildman–Crippen LogP) is 2.00. The van der Waals surface area contributed by atoms with Crippen LogP contribution in [0, 0.1) is 5.92 Å². The van der Waals surface area contributed by atoms with Crippen LogP contribution in [0.4, 0.5) is 4.79 Å². The van der Waals surface area contributed by atoms with Gasteiger partial charge in [0.25, 0.3) is 0 Å². The van der Waals surface area contributed by atoms with Gasteiger partial charge < -0.3 is 20.3 Å². The number of nitrogens with zero attached hydrogens (tertiary/aromatic N) is 2. The van der Waals surface area contributed by atoms with Crippen LogP contribution in [0.1, 0.15) is 31.4 Å². The van der Waals surface area contributed by atoms with E-state index in [0.717, 1.165) is 24.1 Å². The summed E-state index contributed by atoms with van der Waals surface area (Å²) in [6, 6.07) is 7.55. The summed E-state index contributed by atoms with van der Waals surface area (Å²) in [6.07, 6.45) is 7.03. The number of hydrogen-bond acceptors (Lipinski definition) is 3. The molecule has 23 heavy (non-hydrogen) atoms. The van der Waals surface area contributed by atoms with Gasteiger partial charge in [-0.05, 0) is 43.4 Å². The van der Waals surface area contributed by atoms with Crippen LogP contribution in [0.5, 0.6) is 0 Å². The fourth-order valence-corrected chi connectivity index (χ4v) is 2.54. The Labute approximate surface area is 135 Å². The van der Waals surface area contributed by atoms with Gasteiger partial charge in [-0.1, -0.05) is 12.1 Å². The second-order valence-corrected chi connectivity index (χ2v) is 6.05. The maximum absolute atomic E-state index is 11.9. The number of nitrogens with one attached hydrogen (secondary N) is 2. The first kappa shape index (κ1) is 15.6. The predicted molar refractivity (Wildman–Crippen MR) is 87.2 cm³/mol. The normalized spacial score (nSPS) is 16.6. The van der Waals surface area contributed by atoms with Gasteiger partial charge in [0.2, 0.25) is 0 Å². The van der Waals surface area contributed by atoms with Crippen molar-refractivity contribution in [2.75, 3.05) is 6.54 Å². The molecule has 0 aliphatic heterocycles. The molecular formula is C17H22N4O2. The third-order valence-electron chi connectivity index (χ3n) is 4.16. The summed E-state index contributed by atoms with van der Waals surface area (Å²) in [5.74, 6) is 0.361. The molecule has 0 unspecified atom stereocenters. The van der Waals surface area contributed by atoms with Gasteiger partial charge in [-0.2, -0.15) is 0 Å². The van der Waals surface area contributed by atoms with Crippen molar-refractivity contribution < 1.29 is 9.90 Å². The monoisotopic (exact) mass is 314 g/mol. The molecular weight excluding hydrogens is 292 g/mol. The molecule has 0 spiro atoms. The molecule has 0 radical (unpaired) electrons. The summed E-state index contributed by atoms with van der Waals surface area (Å²) in [5, 5.41) is 15.4. The fraction of sp³-hybridized carbons (Fsp3) is 0.412. The molecule has 2 atom stereocenters. The number of carbonyl (C=O) groups is 1. The van der Waals surface area contributed by atoms with E-state index in [1.165, 1.54) is 0 Å². The van der Waals surface area contributed by atoms with Crippen molar-refractivity contribution >= 4 is 6.03 Å². The summed E-state index contributed by atoms with van der Waals surface area (Å²) in [7, 11) is 0. The third-order valence-corrected chi connectivity index (χ3v) is 4.16. The number of urea groups is 1. The zero-order valence-electron chi connectivity index (χ0n) is 13.1. The quantitative estimate of drug-likeness (QED) is 0.763. The van der Waals surface area contributed by atoms with E-state index in [9.17, 15) is 9.90 Å². The number of aromatic nitrogens is 2. The first-order chi connectivity index (χ1) is 11.1. The van der Waals surface area contributed by atoms with E-state index in [0.29, 0.717) is 12.5 Å². The van der Waals surface area contributed by atoms with Crippen molar-refractivity contribution in [1.29, 1.82) is 0 Å². The lowest BCUT2D eigenvalue weighted by Gasteiger charge is -2.17. The number of imidazole rings is 1. The van der Waals surface area contributed by atoms with Crippen molar-refractivity contribution in [3.8, 4) is 5.69 Å². The van der Waals surface area contributed by atoms with Gasteiger partial charge >= 0.3 is 6.03 Å². The highest BCUT2D eigenvalue weighted by Crippen LogP contribution is 2.32. The Morgan fingerprint density at radius 2 is 2.30 bits per heavy atom. The minimum Gasteiger partial charge on any atom is -0.391 e. The van der Waals surface area contributed by atoms with E-state index in [1.807, 2.05) is 42.0 Å². The van der Waals surface area contributed by atoms with Crippen molar-refractivity contribution in [3.63, 3.8) is 0 Å². The number of amides is 2. The van der Waals surface area contributed by atoms with Crippen molar-refractivity contribution in [3.05, 3.63) is 48.5 Å². The molecule has 2 amide bonds.